The first-order valence-electron chi connectivity index (χ1n) is 8.49. The van der Waals surface area contributed by atoms with E-state index in [4.69, 9.17) is 16.3 Å². The molecule has 0 saturated carbocycles. The lowest BCUT2D eigenvalue weighted by atomic mass is 10.2. The summed E-state index contributed by atoms with van der Waals surface area (Å²) in [7, 11) is 3.92. The maximum absolute atomic E-state index is 13.1. The van der Waals surface area contributed by atoms with Crippen molar-refractivity contribution in [2.45, 2.75) is 13.0 Å². The van der Waals surface area contributed by atoms with Crippen LogP contribution in [0.2, 0.25) is 5.02 Å². The van der Waals surface area contributed by atoms with Gasteiger partial charge in [-0.25, -0.2) is 4.39 Å². The molecule has 0 radical (unpaired) electrons. The maximum atomic E-state index is 13.1. The third-order valence-electron chi connectivity index (χ3n) is 3.84. The standard InChI is InChI=1S/C20H24ClFN2O2/c1-23(2)11-12-24(15-16-6-8-18(22)9-7-16)20(25)10-13-26-19-5-3-4-17(21)14-19/h3-9,14H,10-13,15H2,1-2H3. The van der Waals surface area contributed by atoms with Crippen molar-refractivity contribution in [1.82, 2.24) is 9.80 Å². The van der Waals surface area contributed by atoms with Crippen LogP contribution in [0.1, 0.15) is 12.0 Å². The van der Waals surface area contributed by atoms with Crippen molar-refractivity contribution in [2.75, 3.05) is 33.8 Å². The molecular formula is C20H24ClFN2O2. The highest BCUT2D eigenvalue weighted by Crippen LogP contribution is 2.17. The van der Waals surface area contributed by atoms with Crippen molar-refractivity contribution in [3.8, 4) is 5.75 Å². The Labute approximate surface area is 159 Å². The second kappa shape index (κ2) is 10.1. The normalized spacial score (nSPS) is 10.8. The van der Waals surface area contributed by atoms with E-state index >= 15 is 0 Å². The van der Waals surface area contributed by atoms with Crippen LogP contribution in [0.15, 0.2) is 48.5 Å². The molecule has 0 spiro atoms. The smallest absolute Gasteiger partial charge is 0.226 e. The van der Waals surface area contributed by atoms with E-state index in [1.807, 2.05) is 19.0 Å². The second-order valence-corrected chi connectivity index (χ2v) is 6.74. The number of benzene rings is 2. The van der Waals surface area contributed by atoms with Gasteiger partial charge in [0.15, 0.2) is 0 Å². The Balaban J connectivity index is 1.92. The predicted molar refractivity (Wildman–Crippen MR) is 102 cm³/mol. The fourth-order valence-electron chi connectivity index (χ4n) is 2.39. The Kier molecular flexibility index (Phi) is 7.88. The van der Waals surface area contributed by atoms with E-state index in [1.165, 1.54) is 12.1 Å². The summed E-state index contributed by atoms with van der Waals surface area (Å²) in [6, 6.07) is 13.3. The van der Waals surface area contributed by atoms with Crippen LogP contribution in [0.4, 0.5) is 4.39 Å². The van der Waals surface area contributed by atoms with Crippen molar-refractivity contribution in [1.29, 1.82) is 0 Å². The molecule has 6 heteroatoms. The Bertz CT molecular complexity index is 707. The number of ether oxygens (including phenoxy) is 1. The number of nitrogens with zero attached hydrogens (tertiary/aromatic N) is 2. The summed E-state index contributed by atoms with van der Waals surface area (Å²) in [5.41, 5.74) is 0.897. The number of hydrogen-bond acceptors (Lipinski definition) is 3. The van der Waals surface area contributed by atoms with Gasteiger partial charge in [0.05, 0.1) is 13.0 Å². The van der Waals surface area contributed by atoms with E-state index in [2.05, 4.69) is 0 Å². The number of hydrogen-bond donors (Lipinski definition) is 0. The van der Waals surface area contributed by atoms with Crippen molar-refractivity contribution >= 4 is 17.5 Å². The molecule has 0 aliphatic rings. The van der Waals surface area contributed by atoms with Crippen LogP contribution in [0.5, 0.6) is 5.75 Å². The minimum atomic E-state index is -0.283. The Morgan fingerprint density at radius 1 is 1.12 bits per heavy atom. The molecule has 0 fully saturated rings. The minimum absolute atomic E-state index is 0.00166. The van der Waals surface area contributed by atoms with Crippen LogP contribution in [-0.2, 0) is 11.3 Å². The van der Waals surface area contributed by atoms with Crippen LogP contribution in [-0.4, -0.2) is 49.5 Å². The van der Waals surface area contributed by atoms with Gasteiger partial charge in [-0.3, -0.25) is 4.79 Å². The molecule has 0 N–H and O–H groups in total. The summed E-state index contributed by atoms with van der Waals surface area (Å²) in [4.78, 5) is 16.4. The highest BCUT2D eigenvalue weighted by molar-refractivity contribution is 6.30. The summed E-state index contributed by atoms with van der Waals surface area (Å²) in [6.45, 7) is 2.08. The monoisotopic (exact) mass is 378 g/mol. The number of carbonyl (C=O) groups excluding carboxylic acids is 1. The van der Waals surface area contributed by atoms with E-state index in [-0.39, 0.29) is 24.8 Å². The number of rotatable bonds is 9. The fraction of sp³-hybridized carbons (Fsp3) is 0.350. The third kappa shape index (κ3) is 7.02. The zero-order chi connectivity index (χ0) is 18.9. The van der Waals surface area contributed by atoms with Gasteiger partial charge in [0.2, 0.25) is 5.91 Å². The molecule has 2 aromatic carbocycles. The molecule has 140 valence electrons. The van der Waals surface area contributed by atoms with Gasteiger partial charge in [0.25, 0.3) is 0 Å². The maximum Gasteiger partial charge on any atom is 0.226 e. The van der Waals surface area contributed by atoms with Crippen LogP contribution in [0.3, 0.4) is 0 Å². The molecule has 0 bridgehead atoms. The summed E-state index contributed by atoms with van der Waals surface area (Å²) in [6.07, 6.45) is 0.265. The lowest BCUT2D eigenvalue weighted by molar-refractivity contribution is -0.132. The predicted octanol–water partition coefficient (Wildman–Crippen LogP) is 3.84. The van der Waals surface area contributed by atoms with Crippen LogP contribution in [0, 0.1) is 5.82 Å². The number of likely N-dealkylation sites (N-methyl/N-ethyl adjacent to an activating group) is 1. The van der Waals surface area contributed by atoms with Gasteiger partial charge < -0.3 is 14.5 Å². The molecule has 4 nitrogen and oxygen atoms in total. The summed E-state index contributed by atoms with van der Waals surface area (Å²) >= 11 is 5.92. The van der Waals surface area contributed by atoms with E-state index in [9.17, 15) is 9.18 Å². The van der Waals surface area contributed by atoms with Gasteiger partial charge in [-0.2, -0.15) is 0 Å². The minimum Gasteiger partial charge on any atom is -0.493 e. The zero-order valence-corrected chi connectivity index (χ0v) is 15.9. The molecule has 0 aliphatic heterocycles. The van der Waals surface area contributed by atoms with E-state index in [0.717, 1.165) is 12.1 Å². The average molecular weight is 379 g/mol. The third-order valence-corrected chi connectivity index (χ3v) is 4.07. The van der Waals surface area contributed by atoms with E-state index in [0.29, 0.717) is 23.9 Å². The molecule has 0 atom stereocenters. The van der Waals surface area contributed by atoms with Crippen molar-refractivity contribution < 1.29 is 13.9 Å². The Morgan fingerprint density at radius 3 is 2.50 bits per heavy atom. The molecule has 1 amide bonds. The first-order valence-corrected chi connectivity index (χ1v) is 8.87. The molecule has 0 unspecified atom stereocenters. The number of amides is 1. The highest BCUT2D eigenvalue weighted by atomic mass is 35.5. The van der Waals surface area contributed by atoms with Gasteiger partial charge in [0, 0.05) is 24.7 Å². The second-order valence-electron chi connectivity index (χ2n) is 6.30. The van der Waals surface area contributed by atoms with E-state index < -0.39 is 0 Å². The van der Waals surface area contributed by atoms with Crippen molar-refractivity contribution in [3.05, 3.63) is 64.9 Å². The largest absolute Gasteiger partial charge is 0.493 e. The first kappa shape index (κ1) is 20.2. The molecule has 0 heterocycles. The Hall–Kier alpha value is -2.11. The molecule has 0 aromatic heterocycles. The molecule has 0 saturated heterocycles. The topological polar surface area (TPSA) is 32.8 Å². The number of halogens is 2. The molecule has 2 rings (SSSR count). The fourth-order valence-corrected chi connectivity index (χ4v) is 2.57. The molecular weight excluding hydrogens is 355 g/mol. The SMILES string of the molecule is CN(C)CCN(Cc1ccc(F)cc1)C(=O)CCOc1cccc(Cl)c1. The van der Waals surface area contributed by atoms with Crippen LogP contribution < -0.4 is 4.74 Å². The van der Waals surface area contributed by atoms with Crippen molar-refractivity contribution in [3.63, 3.8) is 0 Å². The highest BCUT2D eigenvalue weighted by Gasteiger charge is 2.14. The van der Waals surface area contributed by atoms with E-state index in [1.54, 1.807) is 41.3 Å². The van der Waals surface area contributed by atoms with Gasteiger partial charge in [-0.15, -0.1) is 0 Å². The quantitative estimate of drug-likeness (QED) is 0.664. The lowest BCUT2D eigenvalue weighted by Gasteiger charge is -2.24. The lowest BCUT2D eigenvalue weighted by Crippen LogP contribution is -2.36. The van der Waals surface area contributed by atoms with Gasteiger partial charge in [-0.05, 0) is 50.0 Å². The van der Waals surface area contributed by atoms with Crippen LogP contribution in [0.25, 0.3) is 0 Å². The zero-order valence-electron chi connectivity index (χ0n) is 15.1. The molecule has 2 aromatic rings. The Morgan fingerprint density at radius 2 is 1.85 bits per heavy atom. The summed E-state index contributed by atoms with van der Waals surface area (Å²) < 4.78 is 18.7. The van der Waals surface area contributed by atoms with Gasteiger partial charge in [0.1, 0.15) is 11.6 Å². The molecule has 0 aliphatic carbocycles. The van der Waals surface area contributed by atoms with Crippen LogP contribution >= 0.6 is 11.6 Å². The molecule has 26 heavy (non-hydrogen) atoms. The summed E-state index contributed by atoms with van der Waals surface area (Å²) in [5.74, 6) is 0.358. The first-order chi connectivity index (χ1) is 12.4. The average Bonchev–Trinajstić information content (AvgIpc) is 2.60. The van der Waals surface area contributed by atoms with Gasteiger partial charge in [-0.1, -0.05) is 29.8 Å². The number of carbonyl (C=O) groups is 1. The summed E-state index contributed by atoms with van der Waals surface area (Å²) in [5, 5.41) is 0.595. The van der Waals surface area contributed by atoms with Gasteiger partial charge >= 0.3 is 0 Å². The van der Waals surface area contributed by atoms with Crippen molar-refractivity contribution in [2.24, 2.45) is 0 Å².